The second-order valence-electron chi connectivity index (χ2n) is 7.79. The van der Waals surface area contributed by atoms with Gasteiger partial charge in [0.2, 0.25) is 10.0 Å². The van der Waals surface area contributed by atoms with Gasteiger partial charge in [-0.2, -0.15) is 4.31 Å². The fraction of sp³-hybridized carbons (Fsp3) is 0.318. The van der Waals surface area contributed by atoms with Gasteiger partial charge in [0.1, 0.15) is 11.9 Å². The number of aryl methyl sites for hydroxylation is 1. The van der Waals surface area contributed by atoms with E-state index >= 15 is 0 Å². The van der Waals surface area contributed by atoms with E-state index in [-0.39, 0.29) is 16.4 Å². The van der Waals surface area contributed by atoms with Crippen molar-refractivity contribution in [3.8, 4) is 0 Å². The Balaban J connectivity index is 1.96. The molecular weight excluding hydrogens is 451 g/mol. The first-order valence-electron chi connectivity index (χ1n) is 10.1. The van der Waals surface area contributed by atoms with Crippen LogP contribution in [0.4, 0.5) is 4.39 Å². The summed E-state index contributed by atoms with van der Waals surface area (Å²) in [6.07, 6.45) is 0. The molecule has 0 bridgehead atoms. The van der Waals surface area contributed by atoms with E-state index in [4.69, 9.17) is 0 Å². The van der Waals surface area contributed by atoms with E-state index in [2.05, 4.69) is 16.2 Å². The Morgan fingerprint density at radius 1 is 1.00 bits per heavy atom. The lowest BCUT2D eigenvalue weighted by Gasteiger charge is -2.22. The highest BCUT2D eigenvalue weighted by atomic mass is 32.2. The topological polar surface area (TPSA) is 125 Å². The van der Waals surface area contributed by atoms with E-state index in [1.165, 1.54) is 37.4 Å². The highest BCUT2D eigenvalue weighted by Gasteiger charge is 2.27. The first-order valence-corrected chi connectivity index (χ1v) is 11.5. The maximum absolute atomic E-state index is 13.8. The normalized spacial score (nSPS) is 12.3. The highest BCUT2D eigenvalue weighted by molar-refractivity contribution is 7.89. The molecule has 178 valence electrons. The second kappa shape index (κ2) is 11.0. The summed E-state index contributed by atoms with van der Waals surface area (Å²) < 4.78 is 39.8. The Kier molecular flexibility index (Phi) is 8.66. The molecule has 0 spiro atoms. The van der Waals surface area contributed by atoms with Crippen LogP contribution >= 0.6 is 0 Å². The maximum Gasteiger partial charge on any atom is 0.261 e. The first-order chi connectivity index (χ1) is 15.4. The van der Waals surface area contributed by atoms with E-state index in [0.717, 1.165) is 15.9 Å². The number of amides is 3. The van der Waals surface area contributed by atoms with E-state index in [1.54, 1.807) is 26.0 Å². The van der Waals surface area contributed by atoms with Crippen LogP contribution in [-0.2, 0) is 19.6 Å². The number of hydrogen-bond donors (Lipinski definition) is 3. The third kappa shape index (κ3) is 6.83. The number of nitrogens with zero attached hydrogens (tertiary/aromatic N) is 1. The lowest BCUT2D eigenvalue weighted by molar-refractivity contribution is -0.130. The largest absolute Gasteiger partial charge is 0.340 e. The second-order valence-corrected chi connectivity index (χ2v) is 9.83. The zero-order valence-corrected chi connectivity index (χ0v) is 19.6. The molecule has 3 amide bonds. The number of nitrogens with one attached hydrogen (secondary N) is 3. The van der Waals surface area contributed by atoms with Crippen LogP contribution < -0.4 is 16.2 Å². The number of benzene rings is 2. The quantitative estimate of drug-likeness (QED) is 0.494. The Morgan fingerprint density at radius 3 is 2.18 bits per heavy atom. The minimum atomic E-state index is -3.90. The van der Waals surface area contributed by atoms with Crippen LogP contribution in [-0.4, -0.2) is 50.1 Å². The van der Waals surface area contributed by atoms with E-state index in [1.807, 2.05) is 6.92 Å². The molecule has 3 N–H and O–H groups in total. The fourth-order valence-corrected chi connectivity index (χ4v) is 3.95. The van der Waals surface area contributed by atoms with Crippen LogP contribution in [0.3, 0.4) is 0 Å². The van der Waals surface area contributed by atoms with Gasteiger partial charge in [-0.25, -0.2) is 12.8 Å². The molecule has 1 atom stereocenters. The van der Waals surface area contributed by atoms with Crippen molar-refractivity contribution in [2.45, 2.75) is 31.7 Å². The zero-order valence-electron chi connectivity index (χ0n) is 18.8. The van der Waals surface area contributed by atoms with Gasteiger partial charge in [0.25, 0.3) is 17.7 Å². The third-order valence-electron chi connectivity index (χ3n) is 4.77. The maximum atomic E-state index is 13.8. The number of hydrazine groups is 1. The number of likely N-dealkylation sites (N-methyl/N-ethyl adjacent to an activating group) is 1. The van der Waals surface area contributed by atoms with E-state index in [9.17, 15) is 27.2 Å². The number of carbonyl (C=O) groups is 3. The van der Waals surface area contributed by atoms with Gasteiger partial charge >= 0.3 is 0 Å². The molecular formula is C22H27FN4O5S. The van der Waals surface area contributed by atoms with Gasteiger partial charge in [-0.1, -0.05) is 43.7 Å². The first kappa shape index (κ1) is 25.9. The average molecular weight is 479 g/mol. The molecule has 0 heterocycles. The van der Waals surface area contributed by atoms with Crippen LogP contribution in [0.5, 0.6) is 0 Å². The lowest BCUT2D eigenvalue weighted by Crippen LogP contribution is -2.55. The highest BCUT2D eigenvalue weighted by Crippen LogP contribution is 2.14. The zero-order chi connectivity index (χ0) is 24.8. The summed E-state index contributed by atoms with van der Waals surface area (Å²) in [4.78, 5) is 37.1. The van der Waals surface area contributed by atoms with Gasteiger partial charge in [0, 0.05) is 7.05 Å². The average Bonchev–Trinajstić information content (AvgIpc) is 2.76. The molecule has 0 radical (unpaired) electrons. The summed E-state index contributed by atoms with van der Waals surface area (Å²) >= 11 is 0. The van der Waals surface area contributed by atoms with Crippen molar-refractivity contribution in [3.63, 3.8) is 0 Å². The number of sulfonamides is 1. The van der Waals surface area contributed by atoms with E-state index < -0.39 is 46.1 Å². The molecule has 11 heteroatoms. The van der Waals surface area contributed by atoms with Gasteiger partial charge in [-0.15, -0.1) is 0 Å². The van der Waals surface area contributed by atoms with Gasteiger partial charge in [-0.05, 0) is 37.1 Å². The van der Waals surface area contributed by atoms with Crippen LogP contribution in [0.1, 0.15) is 29.8 Å². The van der Waals surface area contributed by atoms with Crippen molar-refractivity contribution in [2.75, 3.05) is 13.6 Å². The van der Waals surface area contributed by atoms with Crippen LogP contribution in [0, 0.1) is 18.7 Å². The predicted molar refractivity (Wildman–Crippen MR) is 120 cm³/mol. The van der Waals surface area contributed by atoms with Crippen molar-refractivity contribution in [2.24, 2.45) is 5.92 Å². The molecule has 33 heavy (non-hydrogen) atoms. The molecule has 0 saturated heterocycles. The summed E-state index contributed by atoms with van der Waals surface area (Å²) in [5.41, 5.74) is 4.98. The van der Waals surface area contributed by atoms with Gasteiger partial charge < -0.3 is 5.32 Å². The summed E-state index contributed by atoms with van der Waals surface area (Å²) in [5, 5.41) is 2.44. The van der Waals surface area contributed by atoms with Crippen LogP contribution in [0.15, 0.2) is 53.4 Å². The molecule has 2 aromatic rings. The number of rotatable bonds is 8. The standard InChI is InChI=1S/C22H27FN4O5S/c1-14(2)20(24-21(29)17-7-5-6-8-18(17)23)22(30)26-25-19(28)13-27(4)33(31,32)16-11-9-15(3)10-12-16/h5-12,14,20H,13H2,1-4H3,(H,24,29)(H,25,28)(H,26,30)/t20-/m0/s1. The third-order valence-corrected chi connectivity index (χ3v) is 6.59. The molecule has 2 aromatic carbocycles. The molecule has 0 aliphatic carbocycles. The van der Waals surface area contributed by atoms with Gasteiger partial charge in [0.15, 0.2) is 0 Å². The molecule has 0 aromatic heterocycles. The van der Waals surface area contributed by atoms with Crippen molar-refractivity contribution in [3.05, 3.63) is 65.5 Å². The molecule has 2 rings (SSSR count). The fourth-order valence-electron chi connectivity index (χ4n) is 2.83. The number of carbonyl (C=O) groups excluding carboxylic acids is 3. The minimum Gasteiger partial charge on any atom is -0.340 e. The SMILES string of the molecule is Cc1ccc(S(=O)(=O)N(C)CC(=O)NNC(=O)[C@@H](NC(=O)c2ccccc2F)C(C)C)cc1. The Labute approximate surface area is 192 Å². The summed E-state index contributed by atoms with van der Waals surface area (Å²) in [6, 6.07) is 10.4. The predicted octanol–water partition coefficient (Wildman–Crippen LogP) is 1.36. The minimum absolute atomic E-state index is 0.0307. The van der Waals surface area contributed by atoms with Crippen molar-refractivity contribution < 1.29 is 27.2 Å². The monoisotopic (exact) mass is 478 g/mol. The smallest absolute Gasteiger partial charge is 0.261 e. The van der Waals surface area contributed by atoms with Crippen LogP contribution in [0.25, 0.3) is 0 Å². The molecule has 0 aliphatic heterocycles. The summed E-state index contributed by atoms with van der Waals surface area (Å²) in [5.74, 6) is -3.43. The molecule has 9 nitrogen and oxygen atoms in total. The molecule has 0 aliphatic rings. The van der Waals surface area contributed by atoms with E-state index in [0.29, 0.717) is 0 Å². The number of hydrogen-bond acceptors (Lipinski definition) is 5. The summed E-state index contributed by atoms with van der Waals surface area (Å²) in [7, 11) is -2.66. The van der Waals surface area contributed by atoms with Crippen molar-refractivity contribution >= 4 is 27.7 Å². The molecule has 0 saturated carbocycles. The summed E-state index contributed by atoms with van der Waals surface area (Å²) in [6.45, 7) is 4.59. The Bertz CT molecular complexity index is 1120. The molecule has 0 unspecified atom stereocenters. The Hall–Kier alpha value is -3.31. The Morgan fingerprint density at radius 2 is 1.61 bits per heavy atom. The van der Waals surface area contributed by atoms with Crippen molar-refractivity contribution in [1.82, 2.24) is 20.5 Å². The van der Waals surface area contributed by atoms with Gasteiger partial charge in [-0.3, -0.25) is 25.2 Å². The number of halogens is 1. The lowest BCUT2D eigenvalue weighted by atomic mass is 10.0. The van der Waals surface area contributed by atoms with Gasteiger partial charge in [0.05, 0.1) is 17.0 Å². The van der Waals surface area contributed by atoms with Crippen molar-refractivity contribution in [1.29, 1.82) is 0 Å². The molecule has 0 fully saturated rings. The van der Waals surface area contributed by atoms with Crippen LogP contribution in [0.2, 0.25) is 0 Å².